The highest BCUT2D eigenvalue weighted by atomic mass is 16.3. The number of benzene rings is 1. The number of amides is 1. The molecule has 112 valence electrons. The van der Waals surface area contributed by atoms with Crippen LogP contribution in [-0.4, -0.2) is 27.3 Å². The third-order valence-corrected chi connectivity index (χ3v) is 3.44. The average Bonchev–Trinajstić information content (AvgIpc) is 2.92. The van der Waals surface area contributed by atoms with Gasteiger partial charge in [-0.15, -0.1) is 0 Å². The minimum absolute atomic E-state index is 0.0666. The Morgan fingerprint density at radius 1 is 1.38 bits per heavy atom. The maximum Gasteiger partial charge on any atom is 0.220 e. The first-order valence-electron chi connectivity index (χ1n) is 6.99. The van der Waals surface area contributed by atoms with Gasteiger partial charge in [0.15, 0.2) is 0 Å². The van der Waals surface area contributed by atoms with E-state index in [4.69, 9.17) is 0 Å². The number of carbonyl (C=O) groups is 1. The van der Waals surface area contributed by atoms with Crippen molar-refractivity contribution in [2.45, 2.75) is 25.4 Å². The van der Waals surface area contributed by atoms with Gasteiger partial charge in [-0.1, -0.05) is 30.3 Å². The zero-order valence-electron chi connectivity index (χ0n) is 12.4. The highest BCUT2D eigenvalue weighted by molar-refractivity contribution is 5.76. The Labute approximate surface area is 124 Å². The Morgan fingerprint density at radius 2 is 2.10 bits per heavy atom. The molecule has 2 rings (SSSR count). The van der Waals surface area contributed by atoms with Crippen LogP contribution in [0.1, 0.15) is 24.5 Å². The van der Waals surface area contributed by atoms with Crippen LogP contribution in [0.2, 0.25) is 0 Å². The highest BCUT2D eigenvalue weighted by Crippen LogP contribution is 2.18. The minimum atomic E-state index is -1.11. The third kappa shape index (κ3) is 4.43. The van der Waals surface area contributed by atoms with Crippen LogP contribution >= 0.6 is 0 Å². The molecule has 0 aliphatic carbocycles. The molecule has 1 aromatic heterocycles. The summed E-state index contributed by atoms with van der Waals surface area (Å²) in [5, 5.41) is 17.2. The number of rotatable bonds is 6. The van der Waals surface area contributed by atoms with Gasteiger partial charge in [0.25, 0.3) is 0 Å². The Bertz CT molecular complexity index is 591. The Morgan fingerprint density at radius 3 is 2.71 bits per heavy atom. The van der Waals surface area contributed by atoms with E-state index in [1.807, 2.05) is 30.3 Å². The number of aryl methyl sites for hydroxylation is 2. The van der Waals surface area contributed by atoms with Crippen molar-refractivity contribution in [2.75, 3.05) is 6.54 Å². The Kier molecular flexibility index (Phi) is 4.75. The molecule has 2 N–H and O–H groups in total. The lowest BCUT2D eigenvalue weighted by Crippen LogP contribution is -2.38. The van der Waals surface area contributed by atoms with Gasteiger partial charge in [-0.3, -0.25) is 9.48 Å². The van der Waals surface area contributed by atoms with E-state index in [-0.39, 0.29) is 12.5 Å². The van der Waals surface area contributed by atoms with Crippen LogP contribution < -0.4 is 5.32 Å². The summed E-state index contributed by atoms with van der Waals surface area (Å²) in [6.07, 6.45) is 4.46. The highest BCUT2D eigenvalue weighted by Gasteiger charge is 2.25. The van der Waals surface area contributed by atoms with Crippen LogP contribution in [0.5, 0.6) is 0 Å². The van der Waals surface area contributed by atoms with Crippen molar-refractivity contribution in [3.05, 3.63) is 53.9 Å². The second-order valence-electron chi connectivity index (χ2n) is 5.44. The molecule has 1 unspecified atom stereocenters. The van der Waals surface area contributed by atoms with Crippen molar-refractivity contribution in [3.63, 3.8) is 0 Å². The monoisotopic (exact) mass is 287 g/mol. The van der Waals surface area contributed by atoms with Crippen molar-refractivity contribution < 1.29 is 9.90 Å². The van der Waals surface area contributed by atoms with Gasteiger partial charge >= 0.3 is 0 Å². The topological polar surface area (TPSA) is 67.2 Å². The van der Waals surface area contributed by atoms with E-state index in [9.17, 15) is 9.90 Å². The molecule has 0 aliphatic rings. The molecule has 0 saturated carbocycles. The van der Waals surface area contributed by atoms with E-state index in [0.717, 1.165) is 5.56 Å². The summed E-state index contributed by atoms with van der Waals surface area (Å²) >= 11 is 0. The van der Waals surface area contributed by atoms with Crippen LogP contribution in [0.25, 0.3) is 0 Å². The molecule has 1 atom stereocenters. The average molecular weight is 287 g/mol. The zero-order chi connectivity index (χ0) is 15.3. The molecule has 1 heterocycles. The van der Waals surface area contributed by atoms with Gasteiger partial charge in [0.1, 0.15) is 5.60 Å². The summed E-state index contributed by atoms with van der Waals surface area (Å²) in [4.78, 5) is 11.9. The van der Waals surface area contributed by atoms with E-state index in [0.29, 0.717) is 18.4 Å². The van der Waals surface area contributed by atoms with Crippen LogP contribution in [0.3, 0.4) is 0 Å². The Hall–Kier alpha value is -2.14. The largest absolute Gasteiger partial charge is 0.383 e. The molecule has 0 bridgehead atoms. The molecule has 2 aromatic rings. The van der Waals surface area contributed by atoms with E-state index in [1.54, 1.807) is 31.0 Å². The number of aromatic nitrogens is 2. The second kappa shape index (κ2) is 6.54. The number of aliphatic hydroxyl groups is 1. The van der Waals surface area contributed by atoms with Crippen LogP contribution in [0.15, 0.2) is 42.7 Å². The van der Waals surface area contributed by atoms with Crippen molar-refractivity contribution in [2.24, 2.45) is 7.05 Å². The summed E-state index contributed by atoms with van der Waals surface area (Å²) in [5.74, 6) is -0.0666. The number of nitrogens with one attached hydrogen (secondary N) is 1. The number of nitrogens with zero attached hydrogens (tertiary/aromatic N) is 2. The summed E-state index contributed by atoms with van der Waals surface area (Å²) in [5.41, 5.74) is 0.705. The summed E-state index contributed by atoms with van der Waals surface area (Å²) < 4.78 is 1.63. The third-order valence-electron chi connectivity index (χ3n) is 3.44. The molecular formula is C16H21N3O2. The fourth-order valence-corrected chi connectivity index (χ4v) is 2.06. The fraction of sp³-hybridized carbons (Fsp3) is 0.375. The first-order valence-corrected chi connectivity index (χ1v) is 6.99. The molecule has 1 aromatic carbocycles. The number of hydrogen-bond acceptors (Lipinski definition) is 3. The SMILES string of the molecule is Cn1cc(C(C)(O)CNC(=O)CCc2ccccc2)cn1. The summed E-state index contributed by atoms with van der Waals surface area (Å²) in [7, 11) is 1.79. The van der Waals surface area contributed by atoms with Crippen molar-refractivity contribution >= 4 is 5.91 Å². The smallest absolute Gasteiger partial charge is 0.220 e. The van der Waals surface area contributed by atoms with E-state index < -0.39 is 5.60 Å². The van der Waals surface area contributed by atoms with Gasteiger partial charge in [-0.25, -0.2) is 0 Å². The van der Waals surface area contributed by atoms with Crippen LogP contribution in [-0.2, 0) is 23.9 Å². The first kappa shape index (κ1) is 15.3. The second-order valence-corrected chi connectivity index (χ2v) is 5.44. The van der Waals surface area contributed by atoms with Crippen LogP contribution in [0.4, 0.5) is 0 Å². The molecule has 0 saturated heterocycles. The predicted molar refractivity (Wildman–Crippen MR) is 80.6 cm³/mol. The molecule has 0 aliphatic heterocycles. The Balaban J connectivity index is 1.81. The van der Waals surface area contributed by atoms with E-state index in [2.05, 4.69) is 10.4 Å². The zero-order valence-corrected chi connectivity index (χ0v) is 12.4. The molecular weight excluding hydrogens is 266 g/mol. The van der Waals surface area contributed by atoms with Gasteiger partial charge in [-0.05, 0) is 18.9 Å². The molecule has 0 radical (unpaired) electrons. The summed E-state index contributed by atoms with van der Waals surface area (Å²) in [6.45, 7) is 1.84. The quantitative estimate of drug-likeness (QED) is 0.843. The normalized spacial score (nSPS) is 13.7. The molecule has 5 heteroatoms. The first-order chi connectivity index (χ1) is 9.97. The van der Waals surface area contributed by atoms with Gasteiger partial charge in [0.2, 0.25) is 5.91 Å². The maximum atomic E-state index is 11.9. The lowest BCUT2D eigenvalue weighted by atomic mass is 9.99. The molecule has 5 nitrogen and oxygen atoms in total. The van der Waals surface area contributed by atoms with Gasteiger partial charge in [0, 0.05) is 25.2 Å². The predicted octanol–water partition coefficient (Wildman–Crippen LogP) is 1.38. The summed E-state index contributed by atoms with van der Waals surface area (Å²) in [6, 6.07) is 9.87. The van der Waals surface area contributed by atoms with Crippen molar-refractivity contribution in [3.8, 4) is 0 Å². The fourth-order valence-electron chi connectivity index (χ4n) is 2.06. The minimum Gasteiger partial charge on any atom is -0.383 e. The molecule has 21 heavy (non-hydrogen) atoms. The molecule has 0 spiro atoms. The maximum absolute atomic E-state index is 11.9. The van der Waals surface area contributed by atoms with Gasteiger partial charge in [0.05, 0.1) is 12.7 Å². The van der Waals surface area contributed by atoms with E-state index in [1.165, 1.54) is 0 Å². The standard InChI is InChI=1S/C16H21N3O2/c1-16(21,14-10-18-19(2)11-14)12-17-15(20)9-8-13-6-4-3-5-7-13/h3-7,10-11,21H,8-9,12H2,1-2H3,(H,17,20). The van der Waals surface area contributed by atoms with E-state index >= 15 is 0 Å². The number of hydrogen-bond donors (Lipinski definition) is 2. The lowest BCUT2D eigenvalue weighted by molar-refractivity contribution is -0.122. The van der Waals surface area contributed by atoms with Crippen molar-refractivity contribution in [1.82, 2.24) is 15.1 Å². The van der Waals surface area contributed by atoms with Crippen molar-refractivity contribution in [1.29, 1.82) is 0 Å². The van der Waals surface area contributed by atoms with Gasteiger partial charge < -0.3 is 10.4 Å². The van der Waals surface area contributed by atoms with Gasteiger partial charge in [-0.2, -0.15) is 5.10 Å². The lowest BCUT2D eigenvalue weighted by Gasteiger charge is -2.22. The molecule has 0 fully saturated rings. The van der Waals surface area contributed by atoms with Crippen LogP contribution in [0, 0.1) is 0 Å². The molecule has 1 amide bonds. The number of carbonyl (C=O) groups excluding carboxylic acids is 1.